The van der Waals surface area contributed by atoms with E-state index in [1.807, 2.05) is 55.5 Å². The summed E-state index contributed by atoms with van der Waals surface area (Å²) >= 11 is 1.67. The Kier molecular flexibility index (Phi) is 9.60. The maximum Gasteiger partial charge on any atom is 0.330 e. The number of nitrogens with zero attached hydrogens (tertiary/aromatic N) is 2. The van der Waals surface area contributed by atoms with E-state index < -0.39 is 11.2 Å². The molecule has 0 bridgehead atoms. The van der Waals surface area contributed by atoms with Crippen LogP contribution in [0.15, 0.2) is 69.1 Å². The number of rotatable bonds is 12. The molecule has 0 aliphatic carbocycles. The zero-order chi connectivity index (χ0) is 25.2. The summed E-state index contributed by atoms with van der Waals surface area (Å²) in [5.41, 5.74) is 5.80. The second-order valence-corrected chi connectivity index (χ2v) is 9.22. The minimum absolute atomic E-state index is 0.00546. The van der Waals surface area contributed by atoms with Crippen molar-refractivity contribution in [2.75, 3.05) is 23.5 Å². The molecule has 0 unspecified atom stereocenters. The van der Waals surface area contributed by atoms with Gasteiger partial charge in [0.05, 0.1) is 13.7 Å². The Morgan fingerprint density at radius 2 is 1.80 bits per heavy atom. The third-order valence-electron chi connectivity index (χ3n) is 5.59. The van der Waals surface area contributed by atoms with Crippen LogP contribution in [0.1, 0.15) is 38.2 Å². The number of nitrogens with one attached hydrogen (secondary N) is 1. The van der Waals surface area contributed by atoms with Gasteiger partial charge in [-0.1, -0.05) is 49.7 Å². The van der Waals surface area contributed by atoms with Gasteiger partial charge >= 0.3 is 5.69 Å². The zero-order valence-corrected chi connectivity index (χ0v) is 21.0. The highest BCUT2D eigenvalue weighted by Crippen LogP contribution is 2.26. The molecule has 9 heteroatoms. The smallest absolute Gasteiger partial charge is 0.330 e. The lowest BCUT2D eigenvalue weighted by molar-refractivity contribution is -0.118. The highest BCUT2D eigenvalue weighted by Gasteiger charge is 2.25. The molecule has 35 heavy (non-hydrogen) atoms. The molecule has 0 aliphatic heterocycles. The quantitative estimate of drug-likeness (QED) is 0.289. The van der Waals surface area contributed by atoms with Crippen molar-refractivity contribution in [2.45, 2.75) is 50.6 Å². The number of aromatic amines is 1. The van der Waals surface area contributed by atoms with Gasteiger partial charge in [0, 0.05) is 23.4 Å². The Balaban J connectivity index is 1.90. The van der Waals surface area contributed by atoms with Crippen molar-refractivity contribution < 1.29 is 9.53 Å². The molecule has 3 aromatic rings. The van der Waals surface area contributed by atoms with Crippen molar-refractivity contribution in [3.05, 3.63) is 81.0 Å². The number of nitrogens with two attached hydrogens (primary N) is 1. The van der Waals surface area contributed by atoms with Gasteiger partial charge in [-0.15, -0.1) is 11.8 Å². The molecular formula is C26H32N4O4S. The summed E-state index contributed by atoms with van der Waals surface area (Å²) in [5.74, 6) is 1.09. The molecular weight excluding hydrogens is 464 g/mol. The van der Waals surface area contributed by atoms with Gasteiger partial charge in [-0.2, -0.15) is 0 Å². The zero-order valence-electron chi connectivity index (χ0n) is 20.2. The summed E-state index contributed by atoms with van der Waals surface area (Å²) in [6.07, 6.45) is 2.41. The number of unbranched alkanes of at least 4 members (excludes halogenated alkanes) is 1. The van der Waals surface area contributed by atoms with Crippen LogP contribution < -0.4 is 26.6 Å². The minimum Gasteiger partial charge on any atom is -0.496 e. The molecule has 0 spiro atoms. The molecule has 1 heterocycles. The maximum absolute atomic E-state index is 13.5. The Bertz CT molecular complexity index is 1240. The number of carbonyl (C=O) groups is 1. The molecule has 3 N–H and O–H groups in total. The van der Waals surface area contributed by atoms with Gasteiger partial charge in [0.15, 0.2) is 5.69 Å². The van der Waals surface area contributed by atoms with Crippen LogP contribution in [0.3, 0.4) is 0 Å². The first-order chi connectivity index (χ1) is 17.0. The second kappa shape index (κ2) is 12.9. The predicted molar refractivity (Wildman–Crippen MR) is 141 cm³/mol. The first-order valence-electron chi connectivity index (χ1n) is 11.7. The highest BCUT2D eigenvalue weighted by atomic mass is 32.2. The third-order valence-corrected chi connectivity index (χ3v) is 6.69. The molecule has 0 saturated carbocycles. The van der Waals surface area contributed by atoms with E-state index in [1.54, 1.807) is 24.9 Å². The molecule has 186 valence electrons. The summed E-state index contributed by atoms with van der Waals surface area (Å²) in [6.45, 7) is 2.45. The van der Waals surface area contributed by atoms with Gasteiger partial charge in [-0.05, 0) is 36.8 Å². The van der Waals surface area contributed by atoms with Gasteiger partial charge in [0.2, 0.25) is 5.91 Å². The minimum atomic E-state index is -0.679. The van der Waals surface area contributed by atoms with Crippen LogP contribution in [0.25, 0.3) is 0 Å². The lowest BCUT2D eigenvalue weighted by Gasteiger charge is -2.25. The fourth-order valence-electron chi connectivity index (χ4n) is 3.74. The molecule has 3 rings (SSSR count). The van der Waals surface area contributed by atoms with Gasteiger partial charge < -0.3 is 10.5 Å². The van der Waals surface area contributed by atoms with Crippen LogP contribution in [0.4, 0.5) is 11.5 Å². The number of hydrogen-bond donors (Lipinski definition) is 2. The topological polar surface area (TPSA) is 110 Å². The summed E-state index contributed by atoms with van der Waals surface area (Å²) in [7, 11) is 1.55. The number of benzene rings is 2. The van der Waals surface area contributed by atoms with Gasteiger partial charge in [0.1, 0.15) is 11.6 Å². The first kappa shape index (κ1) is 26.2. The number of anilines is 2. The average Bonchev–Trinajstić information content (AvgIpc) is 2.86. The van der Waals surface area contributed by atoms with Gasteiger partial charge in [-0.3, -0.25) is 24.0 Å². The Morgan fingerprint density at radius 3 is 2.51 bits per heavy atom. The van der Waals surface area contributed by atoms with Crippen molar-refractivity contribution in [3.8, 4) is 5.75 Å². The fraction of sp³-hybridized carbons (Fsp3) is 0.346. The molecule has 1 amide bonds. The first-order valence-corrected chi connectivity index (χ1v) is 12.7. The van der Waals surface area contributed by atoms with Gasteiger partial charge in [-0.25, -0.2) is 4.79 Å². The van der Waals surface area contributed by atoms with Crippen LogP contribution in [-0.2, 0) is 17.9 Å². The molecule has 2 aromatic carbocycles. The van der Waals surface area contributed by atoms with E-state index in [-0.39, 0.29) is 30.4 Å². The van der Waals surface area contributed by atoms with Crippen molar-refractivity contribution in [1.82, 2.24) is 9.55 Å². The van der Waals surface area contributed by atoms with E-state index in [0.29, 0.717) is 25.1 Å². The Labute approximate surface area is 209 Å². The van der Waals surface area contributed by atoms with Crippen molar-refractivity contribution in [2.24, 2.45) is 0 Å². The number of aromatic nitrogens is 2. The Hall–Kier alpha value is -3.46. The van der Waals surface area contributed by atoms with E-state index in [9.17, 15) is 14.4 Å². The standard InChI is InChI=1S/C26H32N4O4S/c1-3-4-16-29-24(27)23(25(32)28-26(29)33)30(18-19-11-8-9-14-21(19)34-2)22(31)15-10-17-35-20-12-6-5-7-13-20/h5-9,11-14H,3-4,10,15-18,27H2,1-2H3,(H,28,32,33). The number of amides is 1. The summed E-state index contributed by atoms with van der Waals surface area (Å²) < 4.78 is 6.78. The highest BCUT2D eigenvalue weighted by molar-refractivity contribution is 7.99. The van der Waals surface area contributed by atoms with Crippen molar-refractivity contribution in [1.29, 1.82) is 0 Å². The molecule has 0 radical (unpaired) electrons. The molecule has 8 nitrogen and oxygen atoms in total. The van der Waals surface area contributed by atoms with E-state index in [4.69, 9.17) is 10.5 Å². The van der Waals surface area contributed by atoms with E-state index >= 15 is 0 Å². The van der Waals surface area contributed by atoms with Gasteiger partial charge in [0.25, 0.3) is 5.56 Å². The number of ether oxygens (including phenoxy) is 1. The van der Waals surface area contributed by atoms with Crippen LogP contribution >= 0.6 is 11.8 Å². The average molecular weight is 497 g/mol. The van der Waals surface area contributed by atoms with E-state index in [0.717, 1.165) is 22.6 Å². The summed E-state index contributed by atoms with van der Waals surface area (Å²) in [6, 6.07) is 17.3. The number of H-pyrrole nitrogens is 1. The lowest BCUT2D eigenvalue weighted by Crippen LogP contribution is -2.41. The molecule has 0 saturated heterocycles. The van der Waals surface area contributed by atoms with Crippen LogP contribution in [0.5, 0.6) is 5.75 Å². The number of carbonyl (C=O) groups excluding carboxylic acids is 1. The lowest BCUT2D eigenvalue weighted by atomic mass is 10.1. The molecule has 0 atom stereocenters. The molecule has 0 aliphatic rings. The normalized spacial score (nSPS) is 10.8. The van der Waals surface area contributed by atoms with Crippen molar-refractivity contribution >= 4 is 29.2 Å². The third kappa shape index (κ3) is 6.79. The second-order valence-electron chi connectivity index (χ2n) is 8.06. The number of methoxy groups -OCH3 is 1. The summed E-state index contributed by atoms with van der Waals surface area (Å²) in [4.78, 5) is 43.6. The van der Waals surface area contributed by atoms with Crippen LogP contribution in [0.2, 0.25) is 0 Å². The number of thioether (sulfide) groups is 1. The summed E-state index contributed by atoms with van der Waals surface area (Å²) in [5, 5.41) is 0. The van der Waals surface area contributed by atoms with Crippen LogP contribution in [-0.4, -0.2) is 28.3 Å². The van der Waals surface area contributed by atoms with Crippen LogP contribution in [0, 0.1) is 0 Å². The number of para-hydroxylation sites is 1. The van der Waals surface area contributed by atoms with Crippen molar-refractivity contribution in [3.63, 3.8) is 0 Å². The largest absolute Gasteiger partial charge is 0.496 e. The fourth-order valence-corrected chi connectivity index (χ4v) is 4.61. The Morgan fingerprint density at radius 1 is 1.09 bits per heavy atom. The maximum atomic E-state index is 13.5. The molecule has 1 aromatic heterocycles. The van der Waals surface area contributed by atoms with E-state index in [2.05, 4.69) is 4.98 Å². The monoisotopic (exact) mass is 496 g/mol. The predicted octanol–water partition coefficient (Wildman–Crippen LogP) is 4.03. The number of hydrogen-bond acceptors (Lipinski definition) is 6. The SMILES string of the molecule is CCCCn1c(N)c(N(Cc2ccccc2OC)C(=O)CCCSc2ccccc2)c(=O)[nH]c1=O. The van der Waals surface area contributed by atoms with E-state index in [1.165, 1.54) is 9.47 Å². The molecule has 0 fully saturated rings. The number of nitrogen functional groups attached to an aromatic ring is 1.